The van der Waals surface area contributed by atoms with Crippen LogP contribution in [-0.4, -0.2) is 21.8 Å². The van der Waals surface area contributed by atoms with Gasteiger partial charge in [0.2, 0.25) is 0 Å². The van der Waals surface area contributed by atoms with Crippen LogP contribution in [0.15, 0.2) is 76.8 Å². The highest BCUT2D eigenvalue weighted by atomic mass is 79.9. The molecule has 0 saturated carbocycles. The van der Waals surface area contributed by atoms with Crippen molar-refractivity contribution in [1.29, 1.82) is 0 Å². The lowest BCUT2D eigenvalue weighted by molar-refractivity contribution is -0.132. The van der Waals surface area contributed by atoms with E-state index < -0.39 is 17.7 Å². The Hall–Kier alpha value is -3.00. The summed E-state index contributed by atoms with van der Waals surface area (Å²) < 4.78 is 1.79. The van der Waals surface area contributed by atoms with Crippen LogP contribution < -0.4 is 4.90 Å². The minimum Gasteiger partial charge on any atom is -0.507 e. The third kappa shape index (κ3) is 3.94. The fourth-order valence-electron chi connectivity index (χ4n) is 4.03. The van der Waals surface area contributed by atoms with Crippen molar-refractivity contribution in [3.05, 3.63) is 98.5 Å². The first-order valence-electron chi connectivity index (χ1n) is 10.6. The first-order chi connectivity index (χ1) is 16.4. The van der Waals surface area contributed by atoms with Gasteiger partial charge in [-0.1, -0.05) is 64.0 Å². The number of anilines is 1. The summed E-state index contributed by atoms with van der Waals surface area (Å²) in [6, 6.07) is 19.0. The van der Waals surface area contributed by atoms with E-state index in [1.807, 2.05) is 36.4 Å². The highest BCUT2D eigenvalue weighted by Gasteiger charge is 2.48. The van der Waals surface area contributed by atoms with Crippen LogP contribution in [0.1, 0.15) is 29.7 Å². The number of ketones is 1. The van der Waals surface area contributed by atoms with Crippen LogP contribution in [0.4, 0.5) is 5.13 Å². The highest BCUT2D eigenvalue weighted by molar-refractivity contribution is 9.10. The van der Waals surface area contributed by atoms with Gasteiger partial charge in [0.1, 0.15) is 5.76 Å². The Bertz CT molecular complexity index is 1460. The molecule has 5 nitrogen and oxygen atoms in total. The topological polar surface area (TPSA) is 70.5 Å². The van der Waals surface area contributed by atoms with Gasteiger partial charge in [0.25, 0.3) is 5.78 Å². The number of fused-ring (bicyclic) bond motifs is 1. The molecule has 1 saturated heterocycles. The second kappa shape index (κ2) is 8.98. The second-order valence-electron chi connectivity index (χ2n) is 7.88. The molecule has 1 N–H and O–H groups in total. The van der Waals surface area contributed by atoms with Crippen molar-refractivity contribution in [2.75, 3.05) is 4.90 Å². The summed E-state index contributed by atoms with van der Waals surface area (Å²) in [5, 5.41) is 12.1. The normalized spacial score (nSPS) is 17.6. The quantitative estimate of drug-likeness (QED) is 0.169. The molecule has 0 radical (unpaired) electrons. The van der Waals surface area contributed by atoms with Crippen molar-refractivity contribution in [3.8, 4) is 0 Å². The van der Waals surface area contributed by atoms with Crippen LogP contribution in [0.3, 0.4) is 0 Å². The average molecular weight is 554 g/mol. The lowest BCUT2D eigenvalue weighted by Crippen LogP contribution is -2.29. The highest BCUT2D eigenvalue weighted by Crippen LogP contribution is 2.44. The Labute approximate surface area is 213 Å². The van der Waals surface area contributed by atoms with Crippen LogP contribution in [0, 0.1) is 0 Å². The lowest BCUT2D eigenvalue weighted by Gasteiger charge is -2.23. The number of benzene rings is 3. The molecule has 1 aliphatic rings. The average Bonchev–Trinajstić information content (AvgIpc) is 3.37. The number of carbonyl (C=O) groups is 2. The van der Waals surface area contributed by atoms with Gasteiger partial charge in [0.05, 0.1) is 21.8 Å². The van der Waals surface area contributed by atoms with E-state index in [1.165, 1.54) is 16.2 Å². The molecule has 34 heavy (non-hydrogen) atoms. The maximum Gasteiger partial charge on any atom is 0.301 e. The van der Waals surface area contributed by atoms with Gasteiger partial charge in [-0.3, -0.25) is 14.5 Å². The Kier molecular flexibility index (Phi) is 6.02. The van der Waals surface area contributed by atoms with Crippen molar-refractivity contribution >= 4 is 71.7 Å². The summed E-state index contributed by atoms with van der Waals surface area (Å²) in [6.07, 6.45) is 0.883. The number of rotatable bonds is 4. The molecule has 1 aromatic heterocycles. The molecule has 3 aromatic carbocycles. The van der Waals surface area contributed by atoms with Crippen LogP contribution in [0.5, 0.6) is 0 Å². The Balaban J connectivity index is 1.71. The number of Topliss-reactive ketones (excluding diaryl/α,β-unsaturated/α-hetero) is 1. The number of nitrogens with zero attached hydrogens (tertiary/aromatic N) is 2. The molecule has 4 aromatic rings. The van der Waals surface area contributed by atoms with Gasteiger partial charge < -0.3 is 5.11 Å². The van der Waals surface area contributed by atoms with Crippen LogP contribution in [-0.2, 0) is 16.0 Å². The molecular weight excluding hydrogens is 536 g/mol. The molecule has 1 amide bonds. The van der Waals surface area contributed by atoms with Crippen molar-refractivity contribution in [2.24, 2.45) is 0 Å². The van der Waals surface area contributed by atoms with E-state index in [9.17, 15) is 14.7 Å². The molecule has 0 unspecified atom stereocenters. The van der Waals surface area contributed by atoms with Gasteiger partial charge in [-0.05, 0) is 66.1 Å². The molecule has 170 valence electrons. The number of amides is 1. The monoisotopic (exact) mass is 552 g/mol. The van der Waals surface area contributed by atoms with Crippen molar-refractivity contribution < 1.29 is 14.7 Å². The van der Waals surface area contributed by atoms with E-state index in [0.29, 0.717) is 21.3 Å². The molecule has 2 heterocycles. The summed E-state index contributed by atoms with van der Waals surface area (Å²) >= 11 is 10.8. The zero-order valence-corrected chi connectivity index (χ0v) is 21.1. The fourth-order valence-corrected chi connectivity index (χ4v) is 5.48. The minimum absolute atomic E-state index is 0.0168. The number of hydrogen-bond acceptors (Lipinski definition) is 5. The van der Waals surface area contributed by atoms with Crippen molar-refractivity contribution in [3.63, 3.8) is 0 Å². The minimum atomic E-state index is -0.824. The second-order valence-corrected chi connectivity index (χ2v) is 10.2. The van der Waals surface area contributed by atoms with E-state index >= 15 is 0 Å². The number of aromatic nitrogens is 1. The predicted octanol–water partition coefficient (Wildman–Crippen LogP) is 6.90. The van der Waals surface area contributed by atoms with E-state index in [1.54, 1.807) is 24.3 Å². The van der Waals surface area contributed by atoms with E-state index in [2.05, 4.69) is 33.9 Å². The third-order valence-electron chi connectivity index (χ3n) is 5.80. The number of aliphatic hydroxyl groups excluding tert-OH is 1. The number of hydrogen-bond donors (Lipinski definition) is 1. The summed E-state index contributed by atoms with van der Waals surface area (Å²) in [7, 11) is 0. The van der Waals surface area contributed by atoms with E-state index in [-0.39, 0.29) is 11.3 Å². The number of aryl methyl sites for hydroxylation is 1. The van der Waals surface area contributed by atoms with Gasteiger partial charge >= 0.3 is 5.91 Å². The van der Waals surface area contributed by atoms with Crippen LogP contribution in [0.2, 0.25) is 5.02 Å². The predicted molar refractivity (Wildman–Crippen MR) is 139 cm³/mol. The Morgan fingerprint density at radius 2 is 1.79 bits per heavy atom. The zero-order valence-electron chi connectivity index (χ0n) is 18.0. The summed E-state index contributed by atoms with van der Waals surface area (Å²) in [5.41, 5.74) is 3.03. The SMILES string of the molecule is CCc1ccc2nc(N3C(=O)C(=O)/C(=C(/O)c4ccc(Cl)cc4)[C@@H]3c3ccc(Br)cc3)sc2c1. The van der Waals surface area contributed by atoms with Gasteiger partial charge in [-0.25, -0.2) is 4.98 Å². The number of thiazole rings is 1. The molecule has 0 bridgehead atoms. The van der Waals surface area contributed by atoms with Crippen molar-refractivity contribution in [1.82, 2.24) is 4.98 Å². The summed E-state index contributed by atoms with van der Waals surface area (Å²) in [6.45, 7) is 2.08. The lowest BCUT2D eigenvalue weighted by atomic mass is 9.95. The van der Waals surface area contributed by atoms with Gasteiger partial charge in [0, 0.05) is 15.1 Å². The smallest absolute Gasteiger partial charge is 0.301 e. The van der Waals surface area contributed by atoms with Crippen molar-refractivity contribution in [2.45, 2.75) is 19.4 Å². The largest absolute Gasteiger partial charge is 0.507 e. The Morgan fingerprint density at radius 1 is 1.09 bits per heavy atom. The maximum atomic E-state index is 13.3. The molecule has 1 atom stereocenters. The molecule has 1 aliphatic heterocycles. The number of carbonyl (C=O) groups excluding carboxylic acids is 2. The third-order valence-corrected chi connectivity index (χ3v) is 7.60. The van der Waals surface area contributed by atoms with E-state index in [0.717, 1.165) is 26.7 Å². The number of halogens is 2. The first-order valence-corrected chi connectivity index (χ1v) is 12.6. The summed E-state index contributed by atoms with van der Waals surface area (Å²) in [5.74, 6) is -1.73. The van der Waals surface area contributed by atoms with Crippen LogP contribution >= 0.6 is 38.9 Å². The van der Waals surface area contributed by atoms with Gasteiger partial charge in [0.15, 0.2) is 5.13 Å². The fraction of sp³-hybridized carbons (Fsp3) is 0.115. The van der Waals surface area contributed by atoms with E-state index in [4.69, 9.17) is 11.6 Å². The zero-order chi connectivity index (χ0) is 24.0. The Morgan fingerprint density at radius 3 is 2.47 bits per heavy atom. The summed E-state index contributed by atoms with van der Waals surface area (Å²) in [4.78, 5) is 32.7. The molecule has 0 aliphatic carbocycles. The molecule has 0 spiro atoms. The maximum absolute atomic E-state index is 13.3. The molecular formula is C26H18BrClN2O3S. The van der Waals surface area contributed by atoms with Crippen LogP contribution in [0.25, 0.3) is 16.0 Å². The molecule has 8 heteroatoms. The van der Waals surface area contributed by atoms with Gasteiger partial charge in [-0.15, -0.1) is 0 Å². The molecule has 5 rings (SSSR count). The molecule has 1 fully saturated rings. The van der Waals surface area contributed by atoms with Gasteiger partial charge in [-0.2, -0.15) is 0 Å². The first kappa shape index (κ1) is 22.8. The standard InChI is InChI=1S/C26H18BrClN2O3S/c1-2-14-3-12-19-20(13-14)34-26(29-19)30-22(15-4-8-17(27)9-5-15)21(24(32)25(30)33)23(31)16-6-10-18(28)11-7-16/h3-13,22,31H,2H2,1H3/b23-21+/t22-/m0/s1. The number of aliphatic hydroxyl groups is 1.